The number of ether oxygens (including phenoxy) is 3. The lowest BCUT2D eigenvalue weighted by Gasteiger charge is -2.14. The highest BCUT2D eigenvalue weighted by molar-refractivity contribution is 6.34. The molecule has 0 radical (unpaired) electrons. The highest BCUT2D eigenvalue weighted by Gasteiger charge is 2.26. The van der Waals surface area contributed by atoms with E-state index < -0.39 is 10.9 Å². The number of carbonyl (C=O) groups is 1. The van der Waals surface area contributed by atoms with Crippen LogP contribution in [-0.2, 0) is 22.7 Å². The van der Waals surface area contributed by atoms with Gasteiger partial charge in [-0.3, -0.25) is 10.1 Å². The Kier molecular flexibility index (Phi) is 7.65. The van der Waals surface area contributed by atoms with E-state index in [1.807, 2.05) is 60.7 Å². The maximum Gasteiger partial charge on any atom is 0.363 e. The quantitative estimate of drug-likeness (QED) is 0.101. The molecule has 0 amide bonds. The van der Waals surface area contributed by atoms with Gasteiger partial charge in [0.05, 0.1) is 15.5 Å². The second-order valence-corrected chi connectivity index (χ2v) is 8.92. The molecule has 8 nitrogen and oxygen atoms in total. The molecule has 5 rings (SSSR count). The zero-order valence-electron chi connectivity index (χ0n) is 20.5. The van der Waals surface area contributed by atoms with E-state index in [1.54, 1.807) is 24.3 Å². The minimum atomic E-state index is -0.671. The Morgan fingerprint density at radius 2 is 1.49 bits per heavy atom. The van der Waals surface area contributed by atoms with Gasteiger partial charge in [-0.25, -0.2) is 9.79 Å². The molecule has 0 saturated carbocycles. The number of non-ortho nitro benzene ring substituents is 1. The molecule has 1 aliphatic rings. The van der Waals surface area contributed by atoms with E-state index in [0.717, 1.165) is 11.1 Å². The van der Waals surface area contributed by atoms with Crippen LogP contribution in [0.1, 0.15) is 22.3 Å². The first-order valence-electron chi connectivity index (χ1n) is 11.9. The van der Waals surface area contributed by atoms with E-state index in [4.69, 9.17) is 25.8 Å². The lowest BCUT2D eigenvalue weighted by molar-refractivity contribution is -0.384. The summed E-state index contributed by atoms with van der Waals surface area (Å²) in [7, 11) is 0. The van der Waals surface area contributed by atoms with Gasteiger partial charge in [-0.15, -0.1) is 0 Å². The van der Waals surface area contributed by atoms with Crippen LogP contribution in [0, 0.1) is 10.1 Å². The normalized spacial score (nSPS) is 13.6. The number of hydrogen-bond acceptors (Lipinski definition) is 7. The number of esters is 1. The summed E-state index contributed by atoms with van der Waals surface area (Å²) in [5.41, 5.74) is 2.78. The number of halogens is 1. The van der Waals surface area contributed by atoms with Crippen molar-refractivity contribution in [1.29, 1.82) is 0 Å². The van der Waals surface area contributed by atoms with E-state index >= 15 is 0 Å². The Morgan fingerprint density at radius 1 is 0.846 bits per heavy atom. The summed E-state index contributed by atoms with van der Waals surface area (Å²) in [6, 6.07) is 28.7. The minimum absolute atomic E-state index is 0.0329. The van der Waals surface area contributed by atoms with Gasteiger partial charge in [-0.2, -0.15) is 0 Å². The molecule has 0 aliphatic carbocycles. The molecule has 0 unspecified atom stereocenters. The number of nitro benzene ring substituents is 1. The largest absolute Gasteiger partial charge is 0.485 e. The number of carbonyl (C=O) groups excluding carboxylic acids is 1. The van der Waals surface area contributed by atoms with E-state index in [0.29, 0.717) is 30.3 Å². The molecule has 0 aromatic heterocycles. The lowest BCUT2D eigenvalue weighted by atomic mass is 10.1. The molecule has 4 aromatic carbocycles. The maximum atomic E-state index is 12.6. The van der Waals surface area contributed by atoms with Crippen molar-refractivity contribution in [2.75, 3.05) is 0 Å². The molecule has 39 heavy (non-hydrogen) atoms. The molecule has 0 bridgehead atoms. The Bertz CT molecular complexity index is 1590. The third-order valence-electron chi connectivity index (χ3n) is 5.76. The number of hydrogen-bond donors (Lipinski definition) is 0. The molecular formula is C30H21ClN2O6. The number of benzene rings is 4. The molecule has 1 heterocycles. The van der Waals surface area contributed by atoms with Crippen molar-refractivity contribution in [1.82, 2.24) is 0 Å². The van der Waals surface area contributed by atoms with Gasteiger partial charge in [0.15, 0.2) is 17.2 Å². The van der Waals surface area contributed by atoms with Crippen LogP contribution in [0.3, 0.4) is 0 Å². The fourth-order valence-corrected chi connectivity index (χ4v) is 4.05. The number of nitrogens with zero attached hydrogens (tertiary/aromatic N) is 2. The van der Waals surface area contributed by atoms with Gasteiger partial charge in [0.25, 0.3) is 5.69 Å². The molecule has 0 N–H and O–H groups in total. The number of rotatable bonds is 9. The molecule has 9 heteroatoms. The van der Waals surface area contributed by atoms with Crippen LogP contribution in [0.25, 0.3) is 6.08 Å². The van der Waals surface area contributed by atoms with Crippen LogP contribution < -0.4 is 9.47 Å². The zero-order chi connectivity index (χ0) is 27.2. The SMILES string of the molecule is O=C1OC(c2ccc([N+](=O)[O-])cc2Cl)=N/C1=C\c1ccc(OCc2ccccc2)c(OCc2ccccc2)c1. The zero-order valence-corrected chi connectivity index (χ0v) is 21.2. The van der Waals surface area contributed by atoms with Gasteiger partial charge in [0.1, 0.15) is 13.2 Å². The Morgan fingerprint density at radius 3 is 2.10 bits per heavy atom. The fraction of sp³-hybridized carbons (Fsp3) is 0.0667. The smallest absolute Gasteiger partial charge is 0.363 e. The average molecular weight is 541 g/mol. The summed E-state index contributed by atoms with van der Waals surface area (Å²) < 4.78 is 17.4. The molecule has 1 aliphatic heterocycles. The van der Waals surface area contributed by atoms with Gasteiger partial charge in [-0.1, -0.05) is 78.3 Å². The van der Waals surface area contributed by atoms with Crippen molar-refractivity contribution in [2.24, 2.45) is 4.99 Å². The Hall–Kier alpha value is -4.95. The molecule has 0 spiro atoms. The highest BCUT2D eigenvalue weighted by atomic mass is 35.5. The summed E-state index contributed by atoms with van der Waals surface area (Å²) >= 11 is 6.18. The van der Waals surface area contributed by atoms with Crippen molar-refractivity contribution < 1.29 is 23.9 Å². The van der Waals surface area contributed by atoms with Crippen LogP contribution >= 0.6 is 11.6 Å². The molecule has 4 aromatic rings. The maximum absolute atomic E-state index is 12.6. The van der Waals surface area contributed by atoms with Gasteiger partial charge in [0, 0.05) is 12.1 Å². The van der Waals surface area contributed by atoms with Crippen molar-refractivity contribution in [2.45, 2.75) is 13.2 Å². The third kappa shape index (κ3) is 6.31. The topological polar surface area (TPSA) is 100 Å². The third-order valence-corrected chi connectivity index (χ3v) is 6.07. The average Bonchev–Trinajstić information content (AvgIpc) is 3.31. The van der Waals surface area contributed by atoms with Gasteiger partial charge in [0.2, 0.25) is 5.90 Å². The van der Waals surface area contributed by atoms with Crippen molar-refractivity contribution in [3.63, 3.8) is 0 Å². The van der Waals surface area contributed by atoms with E-state index in [2.05, 4.69) is 4.99 Å². The van der Waals surface area contributed by atoms with E-state index in [-0.39, 0.29) is 27.9 Å². The van der Waals surface area contributed by atoms with Gasteiger partial charge >= 0.3 is 5.97 Å². The van der Waals surface area contributed by atoms with E-state index in [1.165, 1.54) is 18.2 Å². The summed E-state index contributed by atoms with van der Waals surface area (Å²) in [6.45, 7) is 0.685. The monoisotopic (exact) mass is 540 g/mol. The Balaban J connectivity index is 1.41. The van der Waals surface area contributed by atoms with Crippen LogP contribution in [0.4, 0.5) is 5.69 Å². The summed E-state index contributed by atoms with van der Waals surface area (Å²) in [5.74, 6) is 0.344. The highest BCUT2D eigenvalue weighted by Crippen LogP contribution is 2.32. The van der Waals surface area contributed by atoms with Gasteiger partial charge in [-0.05, 0) is 41.0 Å². The Labute approximate surface area is 228 Å². The predicted molar refractivity (Wildman–Crippen MR) is 147 cm³/mol. The first-order valence-corrected chi connectivity index (χ1v) is 12.3. The van der Waals surface area contributed by atoms with Crippen molar-refractivity contribution in [3.8, 4) is 11.5 Å². The number of nitro groups is 1. The molecular weight excluding hydrogens is 520 g/mol. The molecule has 0 saturated heterocycles. The van der Waals surface area contributed by atoms with Crippen LogP contribution in [0.2, 0.25) is 5.02 Å². The van der Waals surface area contributed by atoms with Gasteiger partial charge < -0.3 is 14.2 Å². The molecule has 194 valence electrons. The van der Waals surface area contributed by atoms with E-state index in [9.17, 15) is 14.9 Å². The molecule has 0 fully saturated rings. The van der Waals surface area contributed by atoms with Crippen molar-refractivity contribution in [3.05, 3.63) is 140 Å². The van der Waals surface area contributed by atoms with Crippen LogP contribution in [0.5, 0.6) is 11.5 Å². The second kappa shape index (κ2) is 11.6. The summed E-state index contributed by atoms with van der Waals surface area (Å²) in [4.78, 5) is 27.3. The first-order chi connectivity index (χ1) is 19.0. The summed E-state index contributed by atoms with van der Waals surface area (Å²) in [5, 5.41) is 11.0. The van der Waals surface area contributed by atoms with Crippen LogP contribution in [-0.4, -0.2) is 16.8 Å². The van der Waals surface area contributed by atoms with Crippen molar-refractivity contribution >= 4 is 35.2 Å². The second-order valence-electron chi connectivity index (χ2n) is 8.51. The molecule has 0 atom stereocenters. The van der Waals surface area contributed by atoms with Crippen LogP contribution in [0.15, 0.2) is 108 Å². The first kappa shape index (κ1) is 25.7. The summed E-state index contributed by atoms with van der Waals surface area (Å²) in [6.07, 6.45) is 1.56. The number of aliphatic imine (C=N–C) groups is 1. The fourth-order valence-electron chi connectivity index (χ4n) is 3.79. The number of cyclic esters (lactones) is 1. The minimum Gasteiger partial charge on any atom is -0.485 e. The standard InChI is InChI=1S/C30H21ClN2O6/c31-25-17-23(33(35)36)12-13-24(25)29-32-26(30(34)39-29)15-22-11-14-27(37-18-20-7-3-1-4-8-20)28(16-22)38-19-21-9-5-2-6-10-21/h1-17H,18-19H2/b26-15-. The predicted octanol–water partition coefficient (Wildman–Crippen LogP) is 6.75. The lowest BCUT2D eigenvalue weighted by Crippen LogP contribution is -2.06.